The van der Waals surface area contributed by atoms with Gasteiger partial charge in [0.2, 0.25) is 0 Å². The summed E-state index contributed by atoms with van der Waals surface area (Å²) in [5.74, 6) is -0.490. The molecular formula is C13H14AsClN4O3. The molecule has 0 fully saturated rings. The number of rotatable bonds is 4. The molecule has 116 valence electrons. The molecule has 0 aliphatic carbocycles. The van der Waals surface area contributed by atoms with Crippen LogP contribution in [0.5, 0.6) is 0 Å². The Morgan fingerprint density at radius 3 is 2.77 bits per heavy atom. The maximum atomic E-state index is 12.3. The molecule has 0 saturated carbocycles. The first-order chi connectivity index (χ1) is 10.4. The number of halogens is 1. The quantitative estimate of drug-likeness (QED) is 0.549. The fourth-order valence-corrected chi connectivity index (χ4v) is 2.61. The fourth-order valence-electron chi connectivity index (χ4n) is 1.83. The number of carbonyl (C=O) groups is 1. The topological polar surface area (TPSA) is 96.8 Å². The van der Waals surface area contributed by atoms with Crippen LogP contribution in [0.25, 0.3) is 0 Å². The minimum absolute atomic E-state index is 0.0769. The number of hydrogen-bond donors (Lipinski definition) is 2. The van der Waals surface area contributed by atoms with Crippen LogP contribution in [-0.2, 0) is 6.54 Å². The predicted octanol–water partition coefficient (Wildman–Crippen LogP) is -0.494. The second-order valence-electron chi connectivity index (χ2n) is 4.50. The Balaban J connectivity index is 2.39. The minimum atomic E-state index is -0.514. The van der Waals surface area contributed by atoms with Crippen LogP contribution in [-0.4, -0.2) is 37.3 Å². The molecule has 1 atom stereocenters. The molecule has 1 amide bonds. The molecule has 0 aromatic carbocycles. The van der Waals surface area contributed by atoms with E-state index < -0.39 is 17.2 Å². The van der Waals surface area contributed by atoms with Crippen molar-refractivity contribution in [3.63, 3.8) is 0 Å². The van der Waals surface area contributed by atoms with Crippen molar-refractivity contribution in [1.29, 1.82) is 0 Å². The third kappa shape index (κ3) is 3.48. The van der Waals surface area contributed by atoms with Gasteiger partial charge in [-0.2, -0.15) is 0 Å². The van der Waals surface area contributed by atoms with Gasteiger partial charge in [0.05, 0.1) is 0 Å². The van der Waals surface area contributed by atoms with Gasteiger partial charge in [-0.1, -0.05) is 0 Å². The normalized spacial score (nSPS) is 10.5. The summed E-state index contributed by atoms with van der Waals surface area (Å²) in [5.41, 5.74) is -0.644. The van der Waals surface area contributed by atoms with E-state index in [0.29, 0.717) is 10.9 Å². The van der Waals surface area contributed by atoms with Crippen LogP contribution in [0.4, 0.5) is 5.69 Å². The Kier molecular flexibility index (Phi) is 5.21. The van der Waals surface area contributed by atoms with E-state index in [2.05, 4.69) is 15.3 Å². The van der Waals surface area contributed by atoms with Crippen molar-refractivity contribution in [3.8, 4) is 0 Å². The SMILES string of the molecule is CCCn1c(=O)[nH]c([AsH2])c(NC(=O)c2ccc(Cl)nc2)c1=O. The van der Waals surface area contributed by atoms with Gasteiger partial charge >= 0.3 is 139 Å². The van der Waals surface area contributed by atoms with E-state index in [1.807, 2.05) is 6.92 Å². The average Bonchev–Trinajstić information content (AvgIpc) is 2.48. The average molecular weight is 385 g/mol. The van der Waals surface area contributed by atoms with Gasteiger partial charge in [0.25, 0.3) is 0 Å². The molecule has 22 heavy (non-hydrogen) atoms. The third-order valence-electron chi connectivity index (χ3n) is 2.89. The van der Waals surface area contributed by atoms with Crippen LogP contribution >= 0.6 is 11.6 Å². The van der Waals surface area contributed by atoms with Crippen molar-refractivity contribution in [2.24, 2.45) is 0 Å². The molecule has 2 N–H and O–H groups in total. The van der Waals surface area contributed by atoms with E-state index in [1.54, 1.807) is 0 Å². The van der Waals surface area contributed by atoms with E-state index in [-0.39, 0.29) is 22.9 Å². The van der Waals surface area contributed by atoms with Gasteiger partial charge in [0.15, 0.2) is 0 Å². The number of anilines is 1. The Morgan fingerprint density at radius 1 is 1.45 bits per heavy atom. The number of hydrogen-bond acceptors (Lipinski definition) is 4. The Labute approximate surface area is 139 Å². The van der Waals surface area contributed by atoms with Crippen molar-refractivity contribution in [2.75, 3.05) is 5.32 Å². The second-order valence-corrected chi connectivity index (χ2v) is 6.10. The molecule has 2 rings (SSSR count). The molecule has 0 bridgehead atoms. The summed E-state index contributed by atoms with van der Waals surface area (Å²) >= 11 is 6.71. The second kappa shape index (κ2) is 6.94. The van der Waals surface area contributed by atoms with Crippen LogP contribution in [0.15, 0.2) is 27.9 Å². The number of H-pyrrole nitrogens is 1. The molecular weight excluding hydrogens is 371 g/mol. The van der Waals surface area contributed by atoms with Crippen LogP contribution in [0.1, 0.15) is 23.7 Å². The van der Waals surface area contributed by atoms with E-state index in [9.17, 15) is 14.4 Å². The first-order valence-corrected chi connectivity index (χ1v) is 8.08. The van der Waals surface area contributed by atoms with E-state index >= 15 is 0 Å². The summed E-state index contributed by atoms with van der Waals surface area (Å²) in [5, 5.41) is 2.80. The standard InChI is InChI=1S/C13H14AsClN4O3/c1-2-5-19-12(21)9(10(14)18-13(19)22)17-11(20)7-3-4-8(15)16-6-7/h3-4,6H,2,5,14H2,1H3,(H,17,20)(H,18,22). The summed E-state index contributed by atoms with van der Waals surface area (Å²) in [6, 6.07) is 2.98. The molecule has 1 unspecified atom stereocenters. The van der Waals surface area contributed by atoms with Gasteiger partial charge < -0.3 is 0 Å². The predicted molar refractivity (Wildman–Crippen MR) is 87.0 cm³/mol. The number of aromatic amines is 1. The van der Waals surface area contributed by atoms with Gasteiger partial charge in [-0.3, -0.25) is 0 Å². The molecule has 2 heterocycles. The maximum absolute atomic E-state index is 12.3. The Morgan fingerprint density at radius 2 is 2.18 bits per heavy atom. The van der Waals surface area contributed by atoms with Gasteiger partial charge in [0, 0.05) is 0 Å². The number of aromatic nitrogens is 3. The van der Waals surface area contributed by atoms with E-state index in [0.717, 1.165) is 21.4 Å². The number of amides is 1. The molecule has 0 saturated heterocycles. The van der Waals surface area contributed by atoms with Gasteiger partial charge in [-0.25, -0.2) is 0 Å². The molecule has 2 aromatic heterocycles. The van der Waals surface area contributed by atoms with Crippen molar-refractivity contribution in [2.45, 2.75) is 19.9 Å². The Bertz CT molecular complexity index is 814. The summed E-state index contributed by atoms with van der Waals surface area (Å²) < 4.78 is 1.43. The number of nitrogens with zero attached hydrogens (tertiary/aromatic N) is 2. The third-order valence-corrected chi connectivity index (χ3v) is 4.02. The van der Waals surface area contributed by atoms with Gasteiger partial charge in [-0.15, -0.1) is 0 Å². The van der Waals surface area contributed by atoms with E-state index in [1.165, 1.54) is 18.3 Å². The molecule has 0 radical (unpaired) electrons. The van der Waals surface area contributed by atoms with Crippen molar-refractivity contribution in [1.82, 2.24) is 14.5 Å². The number of nitrogens with one attached hydrogen (secondary N) is 2. The zero-order valence-corrected chi connectivity index (χ0v) is 14.9. The van der Waals surface area contributed by atoms with Gasteiger partial charge in [-0.05, 0) is 0 Å². The van der Waals surface area contributed by atoms with Crippen molar-refractivity contribution in [3.05, 3.63) is 49.9 Å². The number of carbonyl (C=O) groups excluding carboxylic acids is 1. The molecule has 0 aliphatic rings. The zero-order valence-electron chi connectivity index (χ0n) is 11.7. The number of pyridine rings is 1. The summed E-state index contributed by atoms with van der Waals surface area (Å²) in [4.78, 5) is 42.7. The Hall–Kier alpha value is -1.85. The molecule has 2 aromatic rings. The zero-order chi connectivity index (χ0) is 16.3. The van der Waals surface area contributed by atoms with Gasteiger partial charge in [0.1, 0.15) is 0 Å². The molecule has 0 spiro atoms. The fraction of sp³-hybridized carbons (Fsp3) is 0.231. The first kappa shape index (κ1) is 16.5. The summed E-state index contributed by atoms with van der Waals surface area (Å²) in [6.07, 6.45) is 1.94. The van der Waals surface area contributed by atoms with Crippen LogP contribution in [0.3, 0.4) is 0 Å². The monoisotopic (exact) mass is 384 g/mol. The van der Waals surface area contributed by atoms with Crippen LogP contribution in [0.2, 0.25) is 5.15 Å². The van der Waals surface area contributed by atoms with Crippen molar-refractivity contribution >= 4 is 44.5 Å². The molecule has 0 aliphatic heterocycles. The first-order valence-electron chi connectivity index (χ1n) is 6.49. The molecule has 9 heteroatoms. The summed E-state index contributed by atoms with van der Waals surface area (Å²) in [6.45, 7) is 2.14. The summed E-state index contributed by atoms with van der Waals surface area (Å²) in [7, 11) is 0. The van der Waals surface area contributed by atoms with Crippen LogP contribution < -0.4 is 21.0 Å². The molecule has 7 nitrogen and oxygen atoms in total. The van der Waals surface area contributed by atoms with Crippen molar-refractivity contribution < 1.29 is 4.79 Å². The van der Waals surface area contributed by atoms with Crippen LogP contribution in [0, 0.1) is 0 Å². The van der Waals surface area contributed by atoms with E-state index in [4.69, 9.17) is 11.6 Å².